The summed E-state index contributed by atoms with van der Waals surface area (Å²) in [5, 5.41) is 9.59. The predicted octanol–water partition coefficient (Wildman–Crippen LogP) is 3.19. The third kappa shape index (κ3) is 2.46. The second kappa shape index (κ2) is 5.29. The van der Waals surface area contributed by atoms with Crippen molar-refractivity contribution in [2.75, 3.05) is 7.11 Å². The zero-order chi connectivity index (χ0) is 12.5. The fraction of sp³-hybridized carbons (Fsp3) is 0.333. The molecule has 0 heterocycles. The van der Waals surface area contributed by atoms with Gasteiger partial charge in [0.25, 0.3) is 6.43 Å². The molecule has 0 amide bonds. The number of benzene rings is 1. The zero-order valence-electron chi connectivity index (χ0n) is 8.18. The minimum absolute atomic E-state index is 0.0844. The predicted molar refractivity (Wildman–Crippen MR) is 63.0 cm³/mol. The molecule has 0 aliphatic heterocycles. The summed E-state index contributed by atoms with van der Waals surface area (Å²) in [6, 6.07) is -0.166. The molecular weight excluding hydrogens is 352 g/mol. The molecule has 0 saturated carbocycles. The summed E-state index contributed by atoms with van der Waals surface area (Å²) >= 11 is 6.15. The van der Waals surface area contributed by atoms with Crippen LogP contribution in [0.3, 0.4) is 0 Å². The summed E-state index contributed by atoms with van der Waals surface area (Å²) < 4.78 is 30.4. The van der Waals surface area contributed by atoms with Gasteiger partial charge < -0.3 is 15.6 Å². The maximum absolute atomic E-state index is 12.5. The van der Waals surface area contributed by atoms with Crippen LogP contribution >= 0.6 is 31.9 Å². The number of alkyl halides is 2. The van der Waals surface area contributed by atoms with Crippen LogP contribution in [0.25, 0.3) is 0 Å². The highest BCUT2D eigenvalue weighted by Gasteiger charge is 2.24. The van der Waals surface area contributed by atoms with E-state index in [1.807, 2.05) is 0 Å². The van der Waals surface area contributed by atoms with Gasteiger partial charge in [0.05, 0.1) is 17.6 Å². The Balaban J connectivity index is 3.35. The molecule has 3 nitrogen and oxygen atoms in total. The molecule has 0 saturated heterocycles. The lowest BCUT2D eigenvalue weighted by molar-refractivity contribution is 0.116. The third-order valence-electron chi connectivity index (χ3n) is 2.02. The summed E-state index contributed by atoms with van der Waals surface area (Å²) in [7, 11) is 1.33. The van der Waals surface area contributed by atoms with Gasteiger partial charge in [0.2, 0.25) is 0 Å². The van der Waals surface area contributed by atoms with Crippen molar-refractivity contribution in [3.63, 3.8) is 0 Å². The molecule has 0 unspecified atom stereocenters. The van der Waals surface area contributed by atoms with Crippen molar-refractivity contribution in [3.05, 3.63) is 20.6 Å². The van der Waals surface area contributed by atoms with Crippen LogP contribution < -0.4 is 10.5 Å². The van der Waals surface area contributed by atoms with Gasteiger partial charge in [-0.15, -0.1) is 0 Å². The minimum atomic E-state index is -2.70. The highest BCUT2D eigenvalue weighted by Crippen LogP contribution is 2.43. The van der Waals surface area contributed by atoms with Crippen molar-refractivity contribution >= 4 is 31.9 Å². The number of phenolic OH excluding ortho intramolecular Hbond substituents is 1. The van der Waals surface area contributed by atoms with Crippen LogP contribution in [0.15, 0.2) is 15.0 Å². The van der Waals surface area contributed by atoms with Crippen LogP contribution in [-0.2, 0) is 0 Å². The molecule has 1 atom stereocenters. The molecule has 1 rings (SSSR count). The first-order valence-electron chi connectivity index (χ1n) is 4.18. The molecule has 0 fully saturated rings. The Morgan fingerprint density at radius 3 is 2.38 bits per heavy atom. The number of hydrogen-bond donors (Lipinski definition) is 2. The first-order valence-corrected chi connectivity index (χ1v) is 5.77. The molecule has 3 N–H and O–H groups in total. The van der Waals surface area contributed by atoms with Crippen LogP contribution in [0.1, 0.15) is 11.6 Å². The van der Waals surface area contributed by atoms with E-state index in [-0.39, 0.29) is 21.5 Å². The average Bonchev–Trinajstić information content (AvgIpc) is 2.25. The van der Waals surface area contributed by atoms with Crippen molar-refractivity contribution < 1.29 is 18.6 Å². The summed E-state index contributed by atoms with van der Waals surface area (Å²) in [5.74, 6) is -0.0826. The normalized spacial score (nSPS) is 12.9. The number of ether oxygens (including phenoxy) is 1. The van der Waals surface area contributed by atoms with Crippen molar-refractivity contribution in [3.8, 4) is 11.5 Å². The van der Waals surface area contributed by atoms with Gasteiger partial charge in [-0.05, 0) is 43.5 Å². The van der Waals surface area contributed by atoms with Gasteiger partial charge in [0.15, 0.2) is 11.5 Å². The molecule has 90 valence electrons. The molecule has 0 aliphatic rings. The highest BCUT2D eigenvalue weighted by atomic mass is 79.9. The van der Waals surface area contributed by atoms with Gasteiger partial charge in [-0.25, -0.2) is 8.78 Å². The van der Waals surface area contributed by atoms with E-state index >= 15 is 0 Å². The fourth-order valence-electron chi connectivity index (χ4n) is 1.15. The van der Waals surface area contributed by atoms with Crippen molar-refractivity contribution in [1.82, 2.24) is 0 Å². The van der Waals surface area contributed by atoms with Crippen molar-refractivity contribution in [1.29, 1.82) is 0 Å². The summed E-state index contributed by atoms with van der Waals surface area (Å²) in [6.07, 6.45) is -2.70. The minimum Gasteiger partial charge on any atom is -0.503 e. The Hall–Kier alpha value is -0.400. The van der Waals surface area contributed by atoms with Gasteiger partial charge in [-0.3, -0.25) is 0 Å². The molecule has 0 spiro atoms. The van der Waals surface area contributed by atoms with E-state index in [9.17, 15) is 13.9 Å². The third-order valence-corrected chi connectivity index (χ3v) is 4.18. The fourth-order valence-corrected chi connectivity index (χ4v) is 2.14. The van der Waals surface area contributed by atoms with Crippen LogP contribution in [0.5, 0.6) is 11.5 Å². The quantitative estimate of drug-likeness (QED) is 0.870. The average molecular weight is 361 g/mol. The lowest BCUT2D eigenvalue weighted by Gasteiger charge is -2.16. The molecule has 1 aromatic carbocycles. The molecule has 0 bridgehead atoms. The highest BCUT2D eigenvalue weighted by molar-refractivity contribution is 9.13. The van der Waals surface area contributed by atoms with Crippen molar-refractivity contribution in [2.45, 2.75) is 12.5 Å². The van der Waals surface area contributed by atoms with E-state index in [0.717, 1.165) is 0 Å². The van der Waals surface area contributed by atoms with Crippen LogP contribution in [0.4, 0.5) is 8.78 Å². The largest absolute Gasteiger partial charge is 0.503 e. The van der Waals surface area contributed by atoms with Crippen LogP contribution in [0.2, 0.25) is 0 Å². The zero-order valence-corrected chi connectivity index (χ0v) is 11.3. The number of rotatable bonds is 3. The monoisotopic (exact) mass is 359 g/mol. The molecular formula is C9H9Br2F2NO2. The Morgan fingerprint density at radius 1 is 1.38 bits per heavy atom. The van der Waals surface area contributed by atoms with Crippen LogP contribution in [0, 0.1) is 0 Å². The van der Waals surface area contributed by atoms with E-state index in [1.54, 1.807) is 0 Å². The summed E-state index contributed by atoms with van der Waals surface area (Å²) in [4.78, 5) is 0. The first-order chi connectivity index (χ1) is 7.40. The Kier molecular flexibility index (Phi) is 4.52. The summed E-state index contributed by atoms with van der Waals surface area (Å²) in [5.41, 5.74) is 5.51. The molecule has 7 heteroatoms. The summed E-state index contributed by atoms with van der Waals surface area (Å²) in [6.45, 7) is 0. The number of nitrogens with two attached hydrogens (primary N) is 1. The van der Waals surface area contributed by atoms with E-state index in [1.165, 1.54) is 13.2 Å². The standard InChI is InChI=1S/C9H9Br2F2NO2/c1-16-4-2-3(7(14)9(12)13)5(10)6(11)8(4)15/h2,7,9,15H,14H2,1H3/t7-/m1/s1. The maximum atomic E-state index is 12.5. The number of methoxy groups -OCH3 is 1. The Labute approximate surface area is 108 Å². The molecule has 0 aromatic heterocycles. The second-order valence-electron chi connectivity index (χ2n) is 3.00. The van der Waals surface area contributed by atoms with Gasteiger partial charge in [-0.1, -0.05) is 0 Å². The van der Waals surface area contributed by atoms with Gasteiger partial charge >= 0.3 is 0 Å². The lowest BCUT2D eigenvalue weighted by atomic mass is 10.1. The SMILES string of the molecule is COc1cc([C@@H](N)C(F)F)c(Br)c(Br)c1O. The van der Waals surface area contributed by atoms with Gasteiger partial charge in [0.1, 0.15) is 0 Å². The molecule has 16 heavy (non-hydrogen) atoms. The number of phenols is 1. The lowest BCUT2D eigenvalue weighted by Crippen LogP contribution is -2.19. The first kappa shape index (κ1) is 13.7. The van der Waals surface area contributed by atoms with Crippen LogP contribution in [-0.4, -0.2) is 18.6 Å². The Morgan fingerprint density at radius 2 is 1.94 bits per heavy atom. The van der Waals surface area contributed by atoms with Gasteiger partial charge in [-0.2, -0.15) is 0 Å². The van der Waals surface area contributed by atoms with E-state index in [0.29, 0.717) is 4.47 Å². The molecule has 0 aliphatic carbocycles. The molecule has 0 radical (unpaired) electrons. The number of hydrogen-bond acceptors (Lipinski definition) is 3. The topological polar surface area (TPSA) is 55.5 Å². The van der Waals surface area contributed by atoms with E-state index in [2.05, 4.69) is 31.9 Å². The smallest absolute Gasteiger partial charge is 0.257 e. The molecule has 1 aromatic rings. The van der Waals surface area contributed by atoms with Gasteiger partial charge in [0, 0.05) is 4.47 Å². The van der Waals surface area contributed by atoms with Crippen molar-refractivity contribution in [2.24, 2.45) is 5.73 Å². The van der Waals surface area contributed by atoms with E-state index < -0.39 is 12.5 Å². The maximum Gasteiger partial charge on any atom is 0.257 e. The van der Waals surface area contributed by atoms with E-state index in [4.69, 9.17) is 10.5 Å². The number of aromatic hydroxyl groups is 1. The number of halogens is 4. The second-order valence-corrected chi connectivity index (χ2v) is 4.59. The Bertz CT molecular complexity index is 402.